The highest BCUT2D eigenvalue weighted by Crippen LogP contribution is 2.33. The van der Waals surface area contributed by atoms with E-state index in [1.807, 2.05) is 48.9 Å². The van der Waals surface area contributed by atoms with Crippen LogP contribution in [-0.4, -0.2) is 35.5 Å². The third-order valence-corrected chi connectivity index (χ3v) is 6.22. The Hall–Kier alpha value is -1.63. The van der Waals surface area contributed by atoms with Gasteiger partial charge in [-0.2, -0.15) is 0 Å². The van der Waals surface area contributed by atoms with E-state index in [1.165, 1.54) is 16.7 Å². The Balaban J connectivity index is 1.85. The van der Waals surface area contributed by atoms with E-state index in [0.717, 1.165) is 16.1 Å². The van der Waals surface area contributed by atoms with Crippen LogP contribution >= 0.6 is 35.3 Å². The number of rotatable bonds is 4. The average molecular weight is 387 g/mol. The molecule has 1 heterocycles. The van der Waals surface area contributed by atoms with E-state index in [9.17, 15) is 4.79 Å². The summed E-state index contributed by atoms with van der Waals surface area (Å²) in [5, 5.41) is 0.704. The van der Waals surface area contributed by atoms with Crippen molar-refractivity contribution < 1.29 is 4.79 Å². The van der Waals surface area contributed by atoms with Gasteiger partial charge in [-0.25, -0.2) is 4.99 Å². The van der Waals surface area contributed by atoms with E-state index in [-0.39, 0.29) is 5.91 Å². The summed E-state index contributed by atoms with van der Waals surface area (Å²) in [7, 11) is 1.77. The fourth-order valence-corrected chi connectivity index (χ4v) is 4.14. The Morgan fingerprint density at radius 1 is 1.04 bits per heavy atom. The summed E-state index contributed by atoms with van der Waals surface area (Å²) >= 11 is 4.80. The lowest BCUT2D eigenvalue weighted by atomic mass is 10.2. The molecule has 1 aliphatic heterocycles. The van der Waals surface area contributed by atoms with E-state index in [1.54, 1.807) is 35.5 Å². The number of nitrogens with zero attached hydrogens (tertiary/aromatic N) is 2. The van der Waals surface area contributed by atoms with Crippen molar-refractivity contribution in [1.82, 2.24) is 4.90 Å². The number of hydrogen-bond donors (Lipinski definition) is 0. The van der Waals surface area contributed by atoms with E-state index in [0.29, 0.717) is 10.1 Å². The van der Waals surface area contributed by atoms with Crippen LogP contribution < -0.4 is 0 Å². The van der Waals surface area contributed by atoms with Gasteiger partial charge in [0.25, 0.3) is 5.91 Å². The summed E-state index contributed by atoms with van der Waals surface area (Å²) in [6, 6.07) is 16.2. The van der Waals surface area contributed by atoms with Gasteiger partial charge in [0.15, 0.2) is 5.17 Å². The van der Waals surface area contributed by atoms with Crippen molar-refractivity contribution in [2.75, 3.05) is 19.6 Å². The van der Waals surface area contributed by atoms with Gasteiger partial charge in [-0.1, -0.05) is 18.2 Å². The summed E-state index contributed by atoms with van der Waals surface area (Å²) in [5.74, 6) is -0.0151. The van der Waals surface area contributed by atoms with Crippen LogP contribution in [-0.2, 0) is 4.79 Å². The second-order valence-corrected chi connectivity index (χ2v) is 8.11. The molecular weight excluding hydrogens is 368 g/mol. The zero-order chi connectivity index (χ0) is 17.8. The van der Waals surface area contributed by atoms with Crippen molar-refractivity contribution >= 4 is 58.1 Å². The summed E-state index contributed by atoms with van der Waals surface area (Å²) in [4.78, 5) is 21.8. The topological polar surface area (TPSA) is 32.7 Å². The van der Waals surface area contributed by atoms with Crippen molar-refractivity contribution in [2.24, 2.45) is 4.99 Å². The Morgan fingerprint density at radius 2 is 1.76 bits per heavy atom. The highest BCUT2D eigenvalue weighted by Gasteiger charge is 2.30. The number of benzene rings is 2. The third-order valence-electron chi connectivity index (χ3n) is 3.70. The fraction of sp³-hybridized carbons (Fsp3) is 0.158. The lowest BCUT2D eigenvalue weighted by Crippen LogP contribution is -2.23. The molecule has 0 saturated carbocycles. The van der Waals surface area contributed by atoms with Crippen LogP contribution in [0.25, 0.3) is 6.08 Å². The summed E-state index contributed by atoms with van der Waals surface area (Å²) in [6.45, 7) is 0. The number of amides is 1. The summed E-state index contributed by atoms with van der Waals surface area (Å²) < 4.78 is 0. The van der Waals surface area contributed by atoms with Crippen molar-refractivity contribution in [3.63, 3.8) is 0 Å². The number of hydrogen-bond acceptors (Lipinski definition) is 5. The highest BCUT2D eigenvalue weighted by atomic mass is 32.2. The molecule has 1 saturated heterocycles. The minimum Gasteiger partial charge on any atom is -0.290 e. The molecule has 0 spiro atoms. The number of amidine groups is 1. The molecule has 3 rings (SSSR count). The number of aliphatic imine (C=N–C) groups is 1. The molecule has 0 atom stereocenters. The van der Waals surface area contributed by atoms with Gasteiger partial charge in [0.1, 0.15) is 0 Å². The minimum absolute atomic E-state index is 0.0151. The maximum Gasteiger partial charge on any atom is 0.266 e. The summed E-state index contributed by atoms with van der Waals surface area (Å²) in [5.41, 5.74) is 1.88. The molecule has 0 unspecified atom stereocenters. The average Bonchev–Trinajstić information content (AvgIpc) is 2.90. The molecule has 2 aromatic rings. The van der Waals surface area contributed by atoms with Crippen molar-refractivity contribution in [1.29, 1.82) is 0 Å². The zero-order valence-electron chi connectivity index (χ0n) is 14.2. The standard InChI is InChI=1S/C19H18N2OS3/c1-21-18(22)17(11-13-7-9-15(23-2)10-8-13)25-19(21)20-14-5-4-6-16(12-14)24-3/h4-12H,1-3H3/b17-11+,20-19?. The second kappa shape index (κ2) is 8.17. The Bertz CT molecular complexity index is 844. The van der Waals surface area contributed by atoms with E-state index < -0.39 is 0 Å². The highest BCUT2D eigenvalue weighted by molar-refractivity contribution is 8.18. The smallest absolute Gasteiger partial charge is 0.266 e. The van der Waals surface area contributed by atoms with Crippen LogP contribution in [0.2, 0.25) is 0 Å². The first kappa shape index (κ1) is 18.2. The van der Waals surface area contributed by atoms with Crippen molar-refractivity contribution in [2.45, 2.75) is 9.79 Å². The number of thioether (sulfide) groups is 3. The Kier molecular flexibility index (Phi) is 5.93. The Labute approximate surface area is 161 Å². The molecule has 0 aromatic heterocycles. The van der Waals surface area contributed by atoms with Crippen LogP contribution in [0.1, 0.15) is 5.56 Å². The van der Waals surface area contributed by atoms with E-state index >= 15 is 0 Å². The maximum absolute atomic E-state index is 12.5. The van der Waals surface area contributed by atoms with Crippen LogP contribution in [0.15, 0.2) is 68.2 Å². The third kappa shape index (κ3) is 4.32. The predicted molar refractivity (Wildman–Crippen MR) is 112 cm³/mol. The molecule has 1 amide bonds. The van der Waals surface area contributed by atoms with Gasteiger partial charge in [-0.15, -0.1) is 23.5 Å². The largest absolute Gasteiger partial charge is 0.290 e. The molecular formula is C19H18N2OS3. The first-order valence-electron chi connectivity index (χ1n) is 7.65. The normalized spacial score (nSPS) is 17.7. The number of carbonyl (C=O) groups is 1. The number of likely N-dealkylation sites (N-methyl/N-ethyl adjacent to an activating group) is 1. The molecule has 0 bridgehead atoms. The fourth-order valence-electron chi connectivity index (χ4n) is 2.29. The first-order chi connectivity index (χ1) is 12.1. The lowest BCUT2D eigenvalue weighted by Gasteiger charge is -2.07. The van der Waals surface area contributed by atoms with Gasteiger partial charge < -0.3 is 0 Å². The van der Waals surface area contributed by atoms with Gasteiger partial charge in [-0.3, -0.25) is 9.69 Å². The molecule has 0 radical (unpaired) electrons. The molecule has 3 nitrogen and oxygen atoms in total. The van der Waals surface area contributed by atoms with E-state index in [2.05, 4.69) is 23.2 Å². The monoisotopic (exact) mass is 386 g/mol. The van der Waals surface area contributed by atoms with Crippen LogP contribution in [0.5, 0.6) is 0 Å². The molecule has 1 fully saturated rings. The Morgan fingerprint density at radius 3 is 2.44 bits per heavy atom. The quantitative estimate of drug-likeness (QED) is 0.523. The van der Waals surface area contributed by atoms with Gasteiger partial charge >= 0.3 is 0 Å². The van der Waals surface area contributed by atoms with Crippen LogP contribution in [0.4, 0.5) is 5.69 Å². The predicted octanol–water partition coefficient (Wildman–Crippen LogP) is 5.36. The molecule has 1 aliphatic rings. The van der Waals surface area contributed by atoms with Gasteiger partial charge in [0, 0.05) is 16.8 Å². The second-order valence-electron chi connectivity index (χ2n) is 5.34. The first-order valence-corrected chi connectivity index (χ1v) is 10.9. The molecule has 0 aliphatic carbocycles. The SMILES string of the molecule is CSc1ccc(/C=C2/SC(=Nc3cccc(SC)c3)N(C)C2=O)cc1. The van der Waals surface area contributed by atoms with Crippen molar-refractivity contribution in [3.8, 4) is 0 Å². The molecule has 25 heavy (non-hydrogen) atoms. The van der Waals surface area contributed by atoms with Crippen LogP contribution in [0.3, 0.4) is 0 Å². The zero-order valence-corrected chi connectivity index (χ0v) is 16.7. The van der Waals surface area contributed by atoms with Crippen LogP contribution in [0, 0.1) is 0 Å². The van der Waals surface area contributed by atoms with E-state index in [4.69, 9.17) is 0 Å². The van der Waals surface area contributed by atoms with Gasteiger partial charge in [0.05, 0.1) is 10.6 Å². The molecule has 2 aromatic carbocycles. The maximum atomic E-state index is 12.5. The summed E-state index contributed by atoms with van der Waals surface area (Å²) in [6.07, 6.45) is 6.01. The molecule has 6 heteroatoms. The molecule has 128 valence electrons. The molecule has 0 N–H and O–H groups in total. The lowest BCUT2D eigenvalue weighted by molar-refractivity contribution is -0.121. The van der Waals surface area contributed by atoms with Gasteiger partial charge in [-0.05, 0) is 66.2 Å². The van der Waals surface area contributed by atoms with Gasteiger partial charge in [0.2, 0.25) is 0 Å². The van der Waals surface area contributed by atoms with Crippen molar-refractivity contribution in [3.05, 3.63) is 59.0 Å². The number of carbonyl (C=O) groups excluding carboxylic acids is 1. The minimum atomic E-state index is -0.0151.